The minimum Gasteiger partial charge on any atom is -0.355 e. The van der Waals surface area contributed by atoms with Crippen molar-refractivity contribution >= 4 is 11.4 Å². The fourth-order valence-electron chi connectivity index (χ4n) is 3.70. The molecule has 0 heterocycles. The van der Waals surface area contributed by atoms with Crippen LogP contribution in [0.5, 0.6) is 0 Å². The lowest BCUT2D eigenvalue weighted by Gasteiger charge is -2.15. The van der Waals surface area contributed by atoms with E-state index in [2.05, 4.69) is 67.7 Å². The minimum absolute atomic E-state index is 1.17. The van der Waals surface area contributed by atoms with E-state index < -0.39 is 0 Å². The Labute approximate surface area is 167 Å². The molecule has 2 aromatic rings. The first kappa shape index (κ1) is 21.5. The van der Waals surface area contributed by atoms with E-state index in [1.165, 1.54) is 99.6 Å². The van der Waals surface area contributed by atoms with Crippen molar-refractivity contribution in [2.75, 3.05) is 5.32 Å². The molecule has 0 aromatic heterocycles. The van der Waals surface area contributed by atoms with Crippen LogP contribution in [0.2, 0.25) is 0 Å². The van der Waals surface area contributed by atoms with E-state index in [9.17, 15) is 0 Å². The lowest BCUT2D eigenvalue weighted by atomic mass is 10.0. The first-order valence-electron chi connectivity index (χ1n) is 11.3. The topological polar surface area (TPSA) is 12.0 Å². The number of rotatable bonds is 14. The molecule has 0 saturated heterocycles. The van der Waals surface area contributed by atoms with Gasteiger partial charge >= 0.3 is 0 Å². The number of unbranched alkanes of at least 4 members (excludes halogenated alkanes) is 8. The van der Waals surface area contributed by atoms with Gasteiger partial charge in [-0.3, -0.25) is 0 Å². The van der Waals surface area contributed by atoms with Gasteiger partial charge in [-0.15, -0.1) is 0 Å². The second-order valence-electron chi connectivity index (χ2n) is 7.77. The molecule has 2 rings (SSSR count). The largest absolute Gasteiger partial charge is 0.355 e. The highest BCUT2D eigenvalue weighted by Gasteiger charge is 2.06. The molecule has 0 radical (unpaired) electrons. The normalized spacial score (nSPS) is 10.9. The molecule has 2 aromatic carbocycles. The van der Waals surface area contributed by atoms with Gasteiger partial charge in [0.2, 0.25) is 0 Å². The molecular formula is C26H39N. The zero-order chi connectivity index (χ0) is 19.2. The molecule has 0 saturated carbocycles. The third kappa shape index (κ3) is 8.20. The van der Waals surface area contributed by atoms with Gasteiger partial charge in [0.05, 0.1) is 0 Å². The minimum atomic E-state index is 1.17. The average molecular weight is 366 g/mol. The molecular weight excluding hydrogens is 326 g/mol. The zero-order valence-corrected chi connectivity index (χ0v) is 17.6. The summed E-state index contributed by atoms with van der Waals surface area (Å²) in [6.45, 7) is 4.56. The van der Waals surface area contributed by atoms with Crippen molar-refractivity contribution in [2.24, 2.45) is 0 Å². The first-order chi connectivity index (χ1) is 13.3. The molecule has 148 valence electrons. The van der Waals surface area contributed by atoms with Crippen LogP contribution in [-0.2, 0) is 12.8 Å². The Kier molecular flexibility index (Phi) is 10.7. The van der Waals surface area contributed by atoms with E-state index in [-0.39, 0.29) is 0 Å². The Hall–Kier alpha value is -1.76. The smallest absolute Gasteiger partial charge is 0.0416 e. The first-order valence-corrected chi connectivity index (χ1v) is 11.3. The molecule has 0 aliphatic heterocycles. The molecule has 0 aliphatic carbocycles. The number of aryl methyl sites for hydroxylation is 2. The predicted molar refractivity (Wildman–Crippen MR) is 121 cm³/mol. The molecule has 27 heavy (non-hydrogen) atoms. The summed E-state index contributed by atoms with van der Waals surface area (Å²) in [6, 6.07) is 17.7. The van der Waals surface area contributed by atoms with Crippen molar-refractivity contribution in [2.45, 2.75) is 90.9 Å². The van der Waals surface area contributed by atoms with Crippen LogP contribution in [0.4, 0.5) is 11.4 Å². The van der Waals surface area contributed by atoms with E-state index in [4.69, 9.17) is 0 Å². The maximum absolute atomic E-state index is 3.75. The standard InChI is InChI=1S/C26H39N/c1-3-5-7-9-11-17-23-19-13-15-21-25(23)27-26-22-16-14-20-24(26)18-12-10-8-6-4-2/h13-16,19-22,27H,3-12,17-18H2,1-2H3. The van der Waals surface area contributed by atoms with Crippen molar-refractivity contribution in [1.82, 2.24) is 0 Å². The molecule has 0 amide bonds. The van der Waals surface area contributed by atoms with Crippen molar-refractivity contribution in [3.8, 4) is 0 Å². The molecule has 1 nitrogen and oxygen atoms in total. The van der Waals surface area contributed by atoms with Gasteiger partial charge in [0.1, 0.15) is 0 Å². The van der Waals surface area contributed by atoms with Gasteiger partial charge in [-0.1, -0.05) is 102 Å². The summed E-state index contributed by atoms with van der Waals surface area (Å²) in [6.07, 6.45) is 15.7. The van der Waals surface area contributed by atoms with Gasteiger partial charge in [-0.2, -0.15) is 0 Å². The molecule has 0 bridgehead atoms. The quantitative estimate of drug-likeness (QED) is 0.331. The average Bonchev–Trinajstić information content (AvgIpc) is 2.70. The van der Waals surface area contributed by atoms with Gasteiger partial charge < -0.3 is 5.32 Å². The monoisotopic (exact) mass is 365 g/mol. The molecule has 0 atom stereocenters. The summed E-state index contributed by atoms with van der Waals surface area (Å²) in [5.74, 6) is 0. The fraction of sp³-hybridized carbons (Fsp3) is 0.538. The van der Waals surface area contributed by atoms with Gasteiger partial charge in [-0.05, 0) is 48.9 Å². The lowest BCUT2D eigenvalue weighted by Crippen LogP contribution is -2.00. The molecule has 1 heteroatoms. The van der Waals surface area contributed by atoms with Crippen LogP contribution >= 0.6 is 0 Å². The van der Waals surface area contributed by atoms with E-state index in [0.717, 1.165) is 0 Å². The maximum atomic E-state index is 3.75. The third-order valence-electron chi connectivity index (χ3n) is 5.40. The van der Waals surface area contributed by atoms with Crippen molar-refractivity contribution in [3.05, 3.63) is 59.7 Å². The summed E-state index contributed by atoms with van der Waals surface area (Å²) in [4.78, 5) is 0. The van der Waals surface area contributed by atoms with Crippen LogP contribution in [0.25, 0.3) is 0 Å². The summed E-state index contributed by atoms with van der Waals surface area (Å²) in [5.41, 5.74) is 5.47. The Bertz CT molecular complexity index is 576. The summed E-state index contributed by atoms with van der Waals surface area (Å²) in [7, 11) is 0. The highest BCUT2D eigenvalue weighted by atomic mass is 14.9. The highest BCUT2D eigenvalue weighted by Crippen LogP contribution is 2.26. The fourth-order valence-corrected chi connectivity index (χ4v) is 3.70. The van der Waals surface area contributed by atoms with Crippen LogP contribution < -0.4 is 5.32 Å². The Balaban J connectivity index is 1.94. The van der Waals surface area contributed by atoms with Crippen LogP contribution in [-0.4, -0.2) is 0 Å². The number of hydrogen-bond donors (Lipinski definition) is 1. The van der Waals surface area contributed by atoms with E-state index in [1.807, 2.05) is 0 Å². The molecule has 0 aliphatic rings. The predicted octanol–water partition coefficient (Wildman–Crippen LogP) is 8.46. The molecule has 1 N–H and O–H groups in total. The Morgan fingerprint density at radius 2 is 0.926 bits per heavy atom. The van der Waals surface area contributed by atoms with Crippen molar-refractivity contribution in [3.63, 3.8) is 0 Å². The second kappa shape index (κ2) is 13.4. The van der Waals surface area contributed by atoms with Crippen LogP contribution in [0.3, 0.4) is 0 Å². The maximum Gasteiger partial charge on any atom is 0.0416 e. The highest BCUT2D eigenvalue weighted by molar-refractivity contribution is 5.66. The number of nitrogens with one attached hydrogen (secondary N) is 1. The van der Waals surface area contributed by atoms with Crippen LogP contribution in [0, 0.1) is 0 Å². The van der Waals surface area contributed by atoms with E-state index in [1.54, 1.807) is 0 Å². The van der Waals surface area contributed by atoms with Crippen molar-refractivity contribution < 1.29 is 0 Å². The Morgan fingerprint density at radius 3 is 1.37 bits per heavy atom. The zero-order valence-electron chi connectivity index (χ0n) is 17.6. The number of benzene rings is 2. The Morgan fingerprint density at radius 1 is 0.519 bits per heavy atom. The van der Waals surface area contributed by atoms with Gasteiger partial charge in [0.15, 0.2) is 0 Å². The van der Waals surface area contributed by atoms with E-state index >= 15 is 0 Å². The van der Waals surface area contributed by atoms with Crippen LogP contribution in [0.15, 0.2) is 48.5 Å². The second-order valence-corrected chi connectivity index (χ2v) is 7.77. The third-order valence-corrected chi connectivity index (χ3v) is 5.40. The number of anilines is 2. The molecule has 0 unspecified atom stereocenters. The van der Waals surface area contributed by atoms with Gasteiger partial charge in [0, 0.05) is 11.4 Å². The van der Waals surface area contributed by atoms with Gasteiger partial charge in [-0.25, -0.2) is 0 Å². The van der Waals surface area contributed by atoms with Crippen LogP contribution in [0.1, 0.15) is 89.2 Å². The summed E-state index contributed by atoms with van der Waals surface area (Å²) in [5, 5.41) is 3.75. The van der Waals surface area contributed by atoms with Crippen molar-refractivity contribution in [1.29, 1.82) is 0 Å². The molecule has 0 fully saturated rings. The summed E-state index contributed by atoms with van der Waals surface area (Å²) >= 11 is 0. The number of hydrogen-bond acceptors (Lipinski definition) is 1. The van der Waals surface area contributed by atoms with E-state index in [0.29, 0.717) is 0 Å². The summed E-state index contributed by atoms with van der Waals surface area (Å²) < 4.78 is 0. The lowest BCUT2D eigenvalue weighted by molar-refractivity contribution is 0.632. The molecule has 0 spiro atoms. The number of para-hydroxylation sites is 2. The van der Waals surface area contributed by atoms with Gasteiger partial charge in [0.25, 0.3) is 0 Å². The SMILES string of the molecule is CCCCCCCc1ccccc1Nc1ccccc1CCCCCCC.